The van der Waals surface area contributed by atoms with Gasteiger partial charge in [-0.3, -0.25) is 4.79 Å². The quantitative estimate of drug-likeness (QED) is 0.909. The van der Waals surface area contributed by atoms with E-state index in [0.717, 1.165) is 31.5 Å². The van der Waals surface area contributed by atoms with Gasteiger partial charge in [0.1, 0.15) is 6.26 Å². The number of rotatable bonds is 4. The molecule has 0 radical (unpaired) electrons. The number of oxazole rings is 1. The average molecular weight is 320 g/mol. The molecule has 1 saturated heterocycles. The van der Waals surface area contributed by atoms with E-state index in [1.54, 1.807) is 6.07 Å². The summed E-state index contributed by atoms with van der Waals surface area (Å²) >= 11 is 6.07. The summed E-state index contributed by atoms with van der Waals surface area (Å²) in [6.07, 6.45) is 3.56. The molecule has 1 aromatic carbocycles. The topological polar surface area (TPSA) is 67.2 Å². The van der Waals surface area contributed by atoms with Crippen LogP contribution in [0.25, 0.3) is 0 Å². The van der Waals surface area contributed by atoms with Crippen LogP contribution in [0, 0.1) is 0 Å². The molecule has 116 valence electrons. The number of halogens is 1. The van der Waals surface area contributed by atoms with Gasteiger partial charge in [0.15, 0.2) is 11.6 Å². The summed E-state index contributed by atoms with van der Waals surface area (Å²) in [7, 11) is 0. The van der Waals surface area contributed by atoms with Crippen LogP contribution >= 0.6 is 11.6 Å². The Morgan fingerprint density at radius 3 is 3.09 bits per heavy atom. The molecule has 1 fully saturated rings. The van der Waals surface area contributed by atoms with Crippen LogP contribution in [0.4, 0.5) is 0 Å². The molecule has 1 unspecified atom stereocenters. The lowest BCUT2D eigenvalue weighted by Crippen LogP contribution is -2.28. The van der Waals surface area contributed by atoms with Crippen molar-refractivity contribution in [3.63, 3.8) is 0 Å². The number of hydrogen-bond donors (Lipinski definition) is 2. The van der Waals surface area contributed by atoms with E-state index in [2.05, 4.69) is 15.6 Å². The number of carbonyl (C=O) groups is 1. The minimum absolute atomic E-state index is 0.249. The van der Waals surface area contributed by atoms with Crippen molar-refractivity contribution >= 4 is 17.5 Å². The van der Waals surface area contributed by atoms with Gasteiger partial charge in [-0.15, -0.1) is 0 Å². The van der Waals surface area contributed by atoms with Crippen molar-refractivity contribution in [1.82, 2.24) is 15.6 Å². The molecule has 5 nitrogen and oxygen atoms in total. The van der Waals surface area contributed by atoms with Crippen LogP contribution in [0.2, 0.25) is 5.02 Å². The zero-order valence-electron chi connectivity index (χ0n) is 12.1. The fourth-order valence-electron chi connectivity index (χ4n) is 2.55. The molecule has 22 heavy (non-hydrogen) atoms. The van der Waals surface area contributed by atoms with E-state index in [1.807, 2.05) is 18.2 Å². The second-order valence-electron chi connectivity index (χ2n) is 5.39. The fraction of sp³-hybridized carbons (Fsp3) is 0.375. The van der Waals surface area contributed by atoms with Gasteiger partial charge in [-0.25, -0.2) is 4.98 Å². The number of benzene rings is 1. The molecule has 1 amide bonds. The van der Waals surface area contributed by atoms with E-state index < -0.39 is 0 Å². The van der Waals surface area contributed by atoms with Crippen molar-refractivity contribution < 1.29 is 9.21 Å². The highest BCUT2D eigenvalue weighted by Crippen LogP contribution is 2.22. The fourth-order valence-corrected chi connectivity index (χ4v) is 2.75. The van der Waals surface area contributed by atoms with E-state index in [9.17, 15) is 4.79 Å². The van der Waals surface area contributed by atoms with Gasteiger partial charge < -0.3 is 15.1 Å². The third-order valence-electron chi connectivity index (χ3n) is 3.80. The molecule has 3 rings (SSSR count). The van der Waals surface area contributed by atoms with Gasteiger partial charge in [-0.2, -0.15) is 0 Å². The van der Waals surface area contributed by atoms with Crippen LogP contribution in [-0.4, -0.2) is 24.0 Å². The van der Waals surface area contributed by atoms with Gasteiger partial charge >= 0.3 is 0 Å². The van der Waals surface area contributed by atoms with Crippen molar-refractivity contribution in [3.05, 3.63) is 52.7 Å². The first-order valence-electron chi connectivity index (χ1n) is 7.42. The minimum atomic E-state index is -0.251. The van der Waals surface area contributed by atoms with Gasteiger partial charge in [-0.05, 0) is 31.0 Å². The summed E-state index contributed by atoms with van der Waals surface area (Å²) in [5.41, 5.74) is 1.19. The van der Waals surface area contributed by atoms with Crippen molar-refractivity contribution in [1.29, 1.82) is 0 Å². The second-order valence-corrected chi connectivity index (χ2v) is 5.80. The third kappa shape index (κ3) is 3.48. The first kappa shape index (κ1) is 15.1. The maximum absolute atomic E-state index is 12.1. The largest absolute Gasteiger partial charge is 0.448 e. The standard InChI is InChI=1S/C16H18ClN3O2/c17-13-6-2-1-4-11(13)9-19-15(21)14-10-22-16(20-14)12-5-3-7-18-8-12/h1-2,4,6,10,12,18H,3,5,7-9H2,(H,19,21). The second kappa shape index (κ2) is 6.94. The summed E-state index contributed by atoms with van der Waals surface area (Å²) in [4.78, 5) is 16.4. The van der Waals surface area contributed by atoms with Crippen LogP contribution in [0.3, 0.4) is 0 Å². The Bertz CT molecular complexity index is 650. The lowest BCUT2D eigenvalue weighted by molar-refractivity contribution is 0.0946. The van der Waals surface area contributed by atoms with Crippen LogP contribution in [0.15, 0.2) is 34.9 Å². The van der Waals surface area contributed by atoms with Crippen LogP contribution in [0.5, 0.6) is 0 Å². The Morgan fingerprint density at radius 2 is 2.32 bits per heavy atom. The summed E-state index contributed by atoms with van der Waals surface area (Å²) < 4.78 is 5.46. The van der Waals surface area contributed by atoms with E-state index in [1.165, 1.54) is 6.26 Å². The summed E-state index contributed by atoms with van der Waals surface area (Å²) in [6, 6.07) is 7.42. The highest BCUT2D eigenvalue weighted by molar-refractivity contribution is 6.31. The summed E-state index contributed by atoms with van der Waals surface area (Å²) in [5, 5.41) is 6.76. The molecular weight excluding hydrogens is 302 g/mol. The molecular formula is C16H18ClN3O2. The van der Waals surface area contributed by atoms with Gasteiger partial charge in [0.2, 0.25) is 0 Å². The average Bonchev–Trinajstić information content (AvgIpc) is 3.05. The van der Waals surface area contributed by atoms with E-state index in [4.69, 9.17) is 16.0 Å². The first-order chi connectivity index (χ1) is 10.7. The van der Waals surface area contributed by atoms with Crippen molar-refractivity contribution in [2.75, 3.05) is 13.1 Å². The molecule has 1 aliphatic heterocycles. The lowest BCUT2D eigenvalue weighted by Gasteiger charge is -2.19. The molecule has 0 saturated carbocycles. The number of nitrogens with zero attached hydrogens (tertiary/aromatic N) is 1. The van der Waals surface area contributed by atoms with E-state index in [-0.39, 0.29) is 11.8 Å². The monoisotopic (exact) mass is 319 g/mol. The SMILES string of the molecule is O=C(NCc1ccccc1Cl)c1coc(C2CCCNC2)n1. The van der Waals surface area contributed by atoms with E-state index in [0.29, 0.717) is 23.2 Å². The molecule has 1 aromatic heterocycles. The predicted octanol–water partition coefficient (Wildman–Crippen LogP) is 2.73. The summed E-state index contributed by atoms with van der Waals surface area (Å²) in [5.74, 6) is 0.632. The van der Waals surface area contributed by atoms with Gasteiger partial charge in [0.25, 0.3) is 5.91 Å². The van der Waals surface area contributed by atoms with Crippen LogP contribution in [-0.2, 0) is 6.54 Å². The lowest BCUT2D eigenvalue weighted by atomic mass is 10.00. The van der Waals surface area contributed by atoms with Crippen molar-refractivity contribution in [2.24, 2.45) is 0 Å². The Balaban J connectivity index is 1.61. The van der Waals surface area contributed by atoms with Gasteiger partial charge in [0, 0.05) is 24.0 Å². The maximum atomic E-state index is 12.1. The number of hydrogen-bond acceptors (Lipinski definition) is 4. The smallest absolute Gasteiger partial charge is 0.273 e. The molecule has 1 atom stereocenters. The normalized spacial score (nSPS) is 18.1. The van der Waals surface area contributed by atoms with Crippen molar-refractivity contribution in [3.8, 4) is 0 Å². The Kier molecular flexibility index (Phi) is 4.75. The van der Waals surface area contributed by atoms with Crippen molar-refractivity contribution in [2.45, 2.75) is 25.3 Å². The minimum Gasteiger partial charge on any atom is -0.448 e. The molecule has 0 spiro atoms. The maximum Gasteiger partial charge on any atom is 0.273 e. The first-order valence-corrected chi connectivity index (χ1v) is 7.79. The Labute approximate surface area is 134 Å². The highest BCUT2D eigenvalue weighted by atomic mass is 35.5. The number of piperidine rings is 1. The number of aromatic nitrogens is 1. The van der Waals surface area contributed by atoms with Crippen LogP contribution in [0.1, 0.15) is 40.7 Å². The zero-order valence-corrected chi connectivity index (χ0v) is 12.9. The number of carbonyl (C=O) groups excluding carboxylic acids is 1. The van der Waals surface area contributed by atoms with Gasteiger partial charge in [-0.1, -0.05) is 29.8 Å². The van der Waals surface area contributed by atoms with Gasteiger partial charge in [0.05, 0.1) is 0 Å². The summed E-state index contributed by atoms with van der Waals surface area (Å²) in [6.45, 7) is 2.25. The number of nitrogens with one attached hydrogen (secondary N) is 2. The number of amides is 1. The van der Waals surface area contributed by atoms with Crippen LogP contribution < -0.4 is 10.6 Å². The Morgan fingerprint density at radius 1 is 1.45 bits per heavy atom. The zero-order chi connectivity index (χ0) is 15.4. The molecule has 2 heterocycles. The molecule has 2 aromatic rings. The molecule has 6 heteroatoms. The van der Waals surface area contributed by atoms with E-state index >= 15 is 0 Å². The Hall–Kier alpha value is -1.85. The molecule has 0 bridgehead atoms. The highest BCUT2D eigenvalue weighted by Gasteiger charge is 2.21. The predicted molar refractivity (Wildman–Crippen MR) is 84.0 cm³/mol. The molecule has 2 N–H and O–H groups in total. The molecule has 1 aliphatic rings. The third-order valence-corrected chi connectivity index (χ3v) is 4.17. The molecule has 0 aliphatic carbocycles.